The highest BCUT2D eigenvalue weighted by atomic mass is 16.5. The van der Waals surface area contributed by atoms with Crippen LogP contribution in [0.15, 0.2) is 61.1 Å². The van der Waals surface area contributed by atoms with Crippen LogP contribution >= 0.6 is 0 Å². The van der Waals surface area contributed by atoms with Crippen LogP contribution in [0.25, 0.3) is 33.2 Å². The van der Waals surface area contributed by atoms with Gasteiger partial charge >= 0.3 is 0 Å². The number of hydrogen-bond donors (Lipinski definition) is 1. The minimum atomic E-state index is 0.637. The topological polar surface area (TPSA) is 66.7 Å². The summed E-state index contributed by atoms with van der Waals surface area (Å²) in [6, 6.07) is 16.3. The van der Waals surface area contributed by atoms with Crippen LogP contribution in [0.5, 0.6) is 0 Å². The highest BCUT2D eigenvalue weighted by Gasteiger charge is 2.23. The second-order valence-electron chi connectivity index (χ2n) is 8.18. The van der Waals surface area contributed by atoms with Crippen molar-refractivity contribution in [3.8, 4) is 28.3 Å². The molecule has 1 N–H and O–H groups in total. The van der Waals surface area contributed by atoms with Crippen molar-refractivity contribution >= 4 is 11.4 Å². The molecule has 0 bridgehead atoms. The van der Waals surface area contributed by atoms with E-state index in [4.69, 9.17) is 6.57 Å². The predicted molar refractivity (Wildman–Crippen MR) is 121 cm³/mol. The second-order valence-corrected chi connectivity index (χ2v) is 8.18. The molecule has 0 radical (unpaired) electrons. The molecule has 2 aliphatic rings. The highest BCUT2D eigenvalue weighted by Crippen LogP contribution is 2.35. The van der Waals surface area contributed by atoms with E-state index in [2.05, 4.69) is 59.5 Å². The number of fused-ring (bicyclic) bond motifs is 5. The molecule has 0 amide bonds. The molecule has 4 aromatic rings. The van der Waals surface area contributed by atoms with Gasteiger partial charge in [0.1, 0.15) is 6.33 Å². The molecule has 0 saturated carbocycles. The van der Waals surface area contributed by atoms with Gasteiger partial charge in [0.2, 0.25) is 0 Å². The van der Waals surface area contributed by atoms with E-state index >= 15 is 0 Å². The maximum absolute atomic E-state index is 9.70. The number of anilines is 1. The first-order chi connectivity index (χ1) is 15.7. The van der Waals surface area contributed by atoms with Gasteiger partial charge in [0.25, 0.3) is 0 Å². The molecular weight excluding hydrogens is 402 g/mol. The molecule has 0 spiro atoms. The van der Waals surface area contributed by atoms with Gasteiger partial charge in [-0.2, -0.15) is 5.06 Å². The number of benzene rings is 2. The Bertz CT molecular complexity index is 1340. The molecule has 1 fully saturated rings. The van der Waals surface area contributed by atoms with Gasteiger partial charge in [0, 0.05) is 50.2 Å². The number of aromatic nitrogens is 4. The highest BCUT2D eigenvalue weighted by molar-refractivity contribution is 5.73. The summed E-state index contributed by atoms with van der Waals surface area (Å²) in [5.41, 5.74) is 7.25. The third-order valence-electron chi connectivity index (χ3n) is 6.29. The first-order valence-corrected chi connectivity index (χ1v) is 10.6. The quantitative estimate of drug-likeness (QED) is 0.437. The lowest BCUT2D eigenvalue weighted by molar-refractivity contribution is -0.0935. The summed E-state index contributed by atoms with van der Waals surface area (Å²) in [7, 11) is 0. The summed E-state index contributed by atoms with van der Waals surface area (Å²) in [5.74, 6) is 0.814. The van der Waals surface area contributed by atoms with Crippen LogP contribution < -0.4 is 4.90 Å². The fourth-order valence-corrected chi connectivity index (χ4v) is 4.57. The van der Waals surface area contributed by atoms with Crippen molar-refractivity contribution < 1.29 is 5.21 Å². The van der Waals surface area contributed by atoms with E-state index in [1.165, 1.54) is 10.6 Å². The Labute approximate surface area is 185 Å². The minimum Gasteiger partial charge on any atom is -0.369 e. The molecule has 6 rings (SSSR count). The van der Waals surface area contributed by atoms with Crippen molar-refractivity contribution in [2.45, 2.75) is 6.54 Å². The number of piperazine rings is 1. The monoisotopic (exact) mass is 423 g/mol. The van der Waals surface area contributed by atoms with Crippen molar-refractivity contribution in [2.24, 2.45) is 0 Å². The standard InChI is InChI=1S/C24H21N7O/c1-25-20-4-2-17(3-5-20)18-13-23-24-27-26-16-31(24)22-7-6-21(12-19(22)15-29(23)14-18)28-8-10-30(32)11-9-28/h2-7,12-14,16,32H,8-11,15H2. The van der Waals surface area contributed by atoms with Crippen molar-refractivity contribution in [3.05, 3.63) is 78.0 Å². The summed E-state index contributed by atoms with van der Waals surface area (Å²) >= 11 is 0. The molecule has 32 heavy (non-hydrogen) atoms. The van der Waals surface area contributed by atoms with Crippen LogP contribution in [0.3, 0.4) is 0 Å². The third-order valence-corrected chi connectivity index (χ3v) is 6.29. The zero-order valence-corrected chi connectivity index (χ0v) is 17.4. The molecule has 8 heteroatoms. The summed E-state index contributed by atoms with van der Waals surface area (Å²) in [5, 5.41) is 19.7. The fraction of sp³-hybridized carbons (Fsp3) is 0.208. The largest absolute Gasteiger partial charge is 0.369 e. The van der Waals surface area contributed by atoms with Crippen LogP contribution in [0.4, 0.5) is 11.4 Å². The van der Waals surface area contributed by atoms with Gasteiger partial charge in [-0.25, -0.2) is 4.85 Å². The molecule has 158 valence electrons. The molecule has 4 heterocycles. The maximum atomic E-state index is 9.70. The number of hydrogen-bond acceptors (Lipinski definition) is 5. The van der Waals surface area contributed by atoms with Crippen LogP contribution in [-0.2, 0) is 6.54 Å². The van der Waals surface area contributed by atoms with E-state index in [0.717, 1.165) is 53.7 Å². The Morgan fingerprint density at radius 1 is 0.938 bits per heavy atom. The van der Waals surface area contributed by atoms with Crippen molar-refractivity contribution in [1.82, 2.24) is 24.4 Å². The van der Waals surface area contributed by atoms with Gasteiger partial charge in [0.05, 0.1) is 18.0 Å². The van der Waals surface area contributed by atoms with Gasteiger partial charge in [-0.05, 0) is 35.4 Å². The van der Waals surface area contributed by atoms with Crippen LogP contribution in [0.2, 0.25) is 0 Å². The normalized spacial score (nSPS) is 15.4. The average molecular weight is 423 g/mol. The Kier molecular flexibility index (Phi) is 4.31. The lowest BCUT2D eigenvalue weighted by Crippen LogP contribution is -2.44. The van der Waals surface area contributed by atoms with E-state index in [1.54, 1.807) is 6.33 Å². The van der Waals surface area contributed by atoms with E-state index in [-0.39, 0.29) is 0 Å². The Morgan fingerprint density at radius 2 is 1.75 bits per heavy atom. The molecule has 2 aromatic carbocycles. The van der Waals surface area contributed by atoms with E-state index < -0.39 is 0 Å². The molecule has 0 atom stereocenters. The lowest BCUT2D eigenvalue weighted by atomic mass is 10.1. The van der Waals surface area contributed by atoms with Gasteiger partial charge in [-0.15, -0.1) is 10.2 Å². The Morgan fingerprint density at radius 3 is 2.53 bits per heavy atom. The number of nitrogens with zero attached hydrogens (tertiary/aromatic N) is 7. The smallest absolute Gasteiger partial charge is 0.187 e. The summed E-state index contributed by atoms with van der Waals surface area (Å²) in [4.78, 5) is 5.80. The Balaban J connectivity index is 1.41. The molecule has 0 aliphatic carbocycles. The molecule has 2 aliphatic heterocycles. The minimum absolute atomic E-state index is 0.637. The molecule has 1 saturated heterocycles. The van der Waals surface area contributed by atoms with E-state index in [0.29, 0.717) is 18.8 Å². The van der Waals surface area contributed by atoms with Gasteiger partial charge in [-0.3, -0.25) is 4.57 Å². The Hall–Kier alpha value is -3.93. The maximum Gasteiger partial charge on any atom is 0.187 e. The molecular formula is C24H21N7O. The van der Waals surface area contributed by atoms with Crippen molar-refractivity contribution in [3.63, 3.8) is 0 Å². The van der Waals surface area contributed by atoms with Gasteiger partial charge < -0.3 is 14.7 Å². The zero-order valence-electron chi connectivity index (χ0n) is 17.4. The number of rotatable bonds is 2. The number of hydroxylamine groups is 2. The van der Waals surface area contributed by atoms with E-state index in [9.17, 15) is 5.21 Å². The fourth-order valence-electron chi connectivity index (χ4n) is 4.57. The van der Waals surface area contributed by atoms with Crippen LogP contribution in [0.1, 0.15) is 5.56 Å². The van der Waals surface area contributed by atoms with E-state index in [1.807, 2.05) is 24.3 Å². The molecule has 8 nitrogen and oxygen atoms in total. The van der Waals surface area contributed by atoms with Crippen molar-refractivity contribution in [1.29, 1.82) is 0 Å². The SMILES string of the molecule is [C-]#[N+]c1ccc(-c2cc3n(c2)Cc2cc(N4CCN(O)CC4)ccc2-n2cnnc2-3)cc1. The molecule has 0 unspecified atom stereocenters. The van der Waals surface area contributed by atoms with Crippen LogP contribution in [-0.4, -0.2) is 55.8 Å². The summed E-state index contributed by atoms with van der Waals surface area (Å²) in [6.45, 7) is 10.8. The summed E-state index contributed by atoms with van der Waals surface area (Å²) < 4.78 is 4.27. The van der Waals surface area contributed by atoms with Gasteiger partial charge in [-0.1, -0.05) is 24.3 Å². The molecule has 2 aromatic heterocycles. The van der Waals surface area contributed by atoms with Crippen LogP contribution in [0, 0.1) is 6.57 Å². The van der Waals surface area contributed by atoms with Crippen molar-refractivity contribution in [2.75, 3.05) is 31.1 Å². The summed E-state index contributed by atoms with van der Waals surface area (Å²) in [6.07, 6.45) is 3.92. The average Bonchev–Trinajstić information content (AvgIpc) is 3.45. The first-order valence-electron chi connectivity index (χ1n) is 10.6. The predicted octanol–water partition coefficient (Wildman–Crippen LogP) is 3.83. The zero-order chi connectivity index (χ0) is 21.7. The lowest BCUT2D eigenvalue weighted by Gasteiger charge is -2.33. The van der Waals surface area contributed by atoms with Gasteiger partial charge in [0.15, 0.2) is 11.5 Å². The third kappa shape index (κ3) is 3.07. The first kappa shape index (κ1) is 18.8. The second kappa shape index (κ2) is 7.34.